The molecule has 0 bridgehead atoms. The second kappa shape index (κ2) is 4.07. The fourth-order valence-corrected chi connectivity index (χ4v) is 1.88. The average molecular weight is 226 g/mol. The van der Waals surface area contributed by atoms with Gasteiger partial charge in [-0.05, 0) is 24.3 Å². The summed E-state index contributed by atoms with van der Waals surface area (Å²) in [5.74, 6) is 0. The molecule has 0 aliphatic carbocycles. The predicted molar refractivity (Wildman–Crippen MR) is 62.1 cm³/mol. The molecule has 0 atom stereocenters. The summed E-state index contributed by atoms with van der Waals surface area (Å²) in [7, 11) is 0. The van der Waals surface area contributed by atoms with E-state index in [2.05, 4.69) is 11.0 Å². The van der Waals surface area contributed by atoms with Gasteiger partial charge in [0.1, 0.15) is 0 Å². The Labute approximate surface area is 93.2 Å². The van der Waals surface area contributed by atoms with E-state index in [-0.39, 0.29) is 0 Å². The minimum Gasteiger partial charge on any atom is -0.344 e. The number of hydrogen-bond donors (Lipinski definition) is 0. The number of nitrogens with zero attached hydrogens (tertiary/aromatic N) is 1. The summed E-state index contributed by atoms with van der Waals surface area (Å²) >= 11 is 11.8. The third-order valence-corrected chi connectivity index (χ3v) is 2.43. The first-order chi connectivity index (χ1) is 6.75. The van der Waals surface area contributed by atoms with Crippen LogP contribution in [0.15, 0.2) is 42.6 Å². The van der Waals surface area contributed by atoms with Crippen LogP contribution in [-0.4, -0.2) is 6.54 Å². The lowest BCUT2D eigenvalue weighted by Crippen LogP contribution is -2.17. The molecule has 2 rings (SSSR count). The van der Waals surface area contributed by atoms with Crippen LogP contribution >= 0.6 is 23.2 Å². The third-order valence-electron chi connectivity index (χ3n) is 1.99. The van der Waals surface area contributed by atoms with Crippen LogP contribution in [0.1, 0.15) is 0 Å². The summed E-state index contributed by atoms with van der Waals surface area (Å²) in [5, 5.41) is 1.32. The summed E-state index contributed by atoms with van der Waals surface area (Å²) in [6.07, 6.45) is 8.08. The molecular weight excluding hydrogens is 217 g/mol. The SMILES string of the molecule is Clc1cc(Cl)cc(N2C=CC=CC2)c1. The molecule has 1 aliphatic rings. The highest BCUT2D eigenvalue weighted by Gasteiger charge is 2.05. The van der Waals surface area contributed by atoms with Gasteiger partial charge >= 0.3 is 0 Å². The lowest BCUT2D eigenvalue weighted by atomic mass is 10.2. The van der Waals surface area contributed by atoms with E-state index in [0.717, 1.165) is 12.2 Å². The smallest absolute Gasteiger partial charge is 0.0441 e. The van der Waals surface area contributed by atoms with Crippen LogP contribution < -0.4 is 4.90 Å². The highest BCUT2D eigenvalue weighted by molar-refractivity contribution is 6.35. The Kier molecular flexibility index (Phi) is 2.80. The molecule has 0 aromatic heterocycles. The van der Waals surface area contributed by atoms with Crippen molar-refractivity contribution in [3.8, 4) is 0 Å². The quantitative estimate of drug-likeness (QED) is 0.702. The van der Waals surface area contributed by atoms with Crippen LogP contribution in [0.4, 0.5) is 5.69 Å². The highest BCUT2D eigenvalue weighted by Crippen LogP contribution is 2.26. The molecule has 0 fully saturated rings. The molecule has 14 heavy (non-hydrogen) atoms. The van der Waals surface area contributed by atoms with Gasteiger partial charge in [0.15, 0.2) is 0 Å². The Morgan fingerprint density at radius 2 is 1.71 bits per heavy atom. The summed E-state index contributed by atoms with van der Waals surface area (Å²) in [6, 6.07) is 5.53. The van der Waals surface area contributed by atoms with Gasteiger partial charge in [0.2, 0.25) is 0 Å². The van der Waals surface area contributed by atoms with E-state index >= 15 is 0 Å². The van der Waals surface area contributed by atoms with Crippen LogP contribution in [0.5, 0.6) is 0 Å². The molecule has 1 nitrogen and oxygen atoms in total. The van der Waals surface area contributed by atoms with Gasteiger partial charge in [0.25, 0.3) is 0 Å². The maximum absolute atomic E-state index is 5.92. The van der Waals surface area contributed by atoms with Crippen LogP contribution in [0, 0.1) is 0 Å². The van der Waals surface area contributed by atoms with Crippen molar-refractivity contribution in [1.29, 1.82) is 0 Å². The number of rotatable bonds is 1. The monoisotopic (exact) mass is 225 g/mol. The zero-order valence-electron chi connectivity index (χ0n) is 7.45. The molecule has 0 saturated heterocycles. The molecule has 0 radical (unpaired) electrons. The molecule has 0 saturated carbocycles. The molecule has 1 aromatic carbocycles. The van der Waals surface area contributed by atoms with Crippen molar-refractivity contribution in [3.63, 3.8) is 0 Å². The van der Waals surface area contributed by atoms with E-state index < -0.39 is 0 Å². The van der Waals surface area contributed by atoms with Crippen molar-refractivity contribution < 1.29 is 0 Å². The molecule has 1 heterocycles. The number of halogens is 2. The summed E-state index contributed by atoms with van der Waals surface area (Å²) in [6.45, 7) is 0.854. The minimum absolute atomic E-state index is 0.662. The zero-order valence-corrected chi connectivity index (χ0v) is 8.96. The molecule has 72 valence electrons. The predicted octanol–water partition coefficient (Wildman–Crippen LogP) is 3.88. The van der Waals surface area contributed by atoms with Gasteiger partial charge < -0.3 is 4.90 Å². The second-order valence-electron chi connectivity index (χ2n) is 3.05. The number of hydrogen-bond acceptors (Lipinski definition) is 1. The van der Waals surface area contributed by atoms with Gasteiger partial charge in [0, 0.05) is 28.5 Å². The Balaban J connectivity index is 2.32. The van der Waals surface area contributed by atoms with Crippen molar-refractivity contribution in [2.24, 2.45) is 0 Å². The van der Waals surface area contributed by atoms with Crippen molar-refractivity contribution >= 4 is 28.9 Å². The van der Waals surface area contributed by atoms with Gasteiger partial charge in [-0.25, -0.2) is 0 Å². The van der Waals surface area contributed by atoms with Gasteiger partial charge in [-0.2, -0.15) is 0 Å². The van der Waals surface area contributed by atoms with E-state index in [1.54, 1.807) is 6.07 Å². The van der Waals surface area contributed by atoms with Crippen LogP contribution in [-0.2, 0) is 0 Å². The largest absolute Gasteiger partial charge is 0.344 e. The van der Waals surface area contributed by atoms with E-state index in [4.69, 9.17) is 23.2 Å². The normalized spacial score (nSPS) is 14.9. The molecule has 1 aromatic rings. The average Bonchev–Trinajstić information content (AvgIpc) is 2.18. The Morgan fingerprint density at radius 3 is 2.29 bits per heavy atom. The Bertz CT molecular complexity index is 376. The first kappa shape index (κ1) is 9.63. The zero-order chi connectivity index (χ0) is 9.97. The molecule has 0 amide bonds. The standard InChI is InChI=1S/C11H9Cl2N/c12-9-6-10(13)8-11(7-9)14-4-2-1-3-5-14/h1-4,6-8H,5H2. The summed E-state index contributed by atoms with van der Waals surface area (Å²) in [5.41, 5.74) is 1.02. The highest BCUT2D eigenvalue weighted by atomic mass is 35.5. The fraction of sp³-hybridized carbons (Fsp3) is 0.0909. The fourth-order valence-electron chi connectivity index (χ4n) is 1.36. The first-order valence-corrected chi connectivity index (χ1v) is 5.07. The molecule has 0 spiro atoms. The topological polar surface area (TPSA) is 3.24 Å². The molecular formula is C11H9Cl2N. The van der Waals surface area contributed by atoms with Crippen molar-refractivity contribution in [3.05, 3.63) is 52.7 Å². The molecule has 0 N–H and O–H groups in total. The lowest BCUT2D eigenvalue weighted by Gasteiger charge is -2.20. The first-order valence-electron chi connectivity index (χ1n) is 4.32. The molecule has 0 unspecified atom stereocenters. The minimum atomic E-state index is 0.662. The summed E-state index contributed by atoms with van der Waals surface area (Å²) in [4.78, 5) is 2.08. The maximum atomic E-state index is 5.92. The van der Waals surface area contributed by atoms with Crippen molar-refractivity contribution in [1.82, 2.24) is 0 Å². The van der Waals surface area contributed by atoms with E-state index in [9.17, 15) is 0 Å². The van der Waals surface area contributed by atoms with Crippen LogP contribution in [0.2, 0.25) is 10.0 Å². The van der Waals surface area contributed by atoms with Crippen molar-refractivity contribution in [2.45, 2.75) is 0 Å². The maximum Gasteiger partial charge on any atom is 0.0441 e. The second-order valence-corrected chi connectivity index (χ2v) is 3.92. The molecule has 1 aliphatic heterocycles. The van der Waals surface area contributed by atoms with Gasteiger partial charge in [-0.15, -0.1) is 0 Å². The molecule has 3 heteroatoms. The van der Waals surface area contributed by atoms with Gasteiger partial charge in [0.05, 0.1) is 0 Å². The number of anilines is 1. The Morgan fingerprint density at radius 1 is 1.00 bits per heavy atom. The summed E-state index contributed by atoms with van der Waals surface area (Å²) < 4.78 is 0. The van der Waals surface area contributed by atoms with Gasteiger partial charge in [-0.1, -0.05) is 35.4 Å². The van der Waals surface area contributed by atoms with E-state index in [1.807, 2.05) is 30.5 Å². The number of allylic oxidation sites excluding steroid dienone is 2. The van der Waals surface area contributed by atoms with Gasteiger partial charge in [-0.3, -0.25) is 0 Å². The van der Waals surface area contributed by atoms with Crippen LogP contribution in [0.25, 0.3) is 0 Å². The number of benzene rings is 1. The Hall–Kier alpha value is -0.920. The lowest BCUT2D eigenvalue weighted by molar-refractivity contribution is 1.07. The van der Waals surface area contributed by atoms with E-state index in [0.29, 0.717) is 10.0 Å². The third kappa shape index (κ3) is 2.11. The van der Waals surface area contributed by atoms with E-state index in [1.165, 1.54) is 0 Å². The van der Waals surface area contributed by atoms with Crippen LogP contribution in [0.3, 0.4) is 0 Å². The van der Waals surface area contributed by atoms with Crippen molar-refractivity contribution in [2.75, 3.05) is 11.4 Å².